The zero-order valence-electron chi connectivity index (χ0n) is 14.6. The Morgan fingerprint density at radius 1 is 1.12 bits per heavy atom. The highest BCUT2D eigenvalue weighted by Crippen LogP contribution is 2.33. The van der Waals surface area contributed by atoms with Crippen LogP contribution in [-0.2, 0) is 6.42 Å². The van der Waals surface area contributed by atoms with Crippen LogP contribution in [0.15, 0.2) is 54.9 Å². The highest BCUT2D eigenvalue weighted by molar-refractivity contribution is 7.18. The van der Waals surface area contributed by atoms with Gasteiger partial charge in [-0.1, -0.05) is 13.0 Å². The first-order valence-electron chi connectivity index (χ1n) is 8.38. The van der Waals surface area contributed by atoms with E-state index in [4.69, 9.17) is 14.7 Å². The molecule has 3 aromatic heterocycles. The second-order valence-electron chi connectivity index (χ2n) is 5.78. The molecule has 0 unspecified atom stereocenters. The largest absolute Gasteiger partial charge is 0.497 e. The quantitative estimate of drug-likeness (QED) is 0.537. The van der Waals surface area contributed by atoms with E-state index in [-0.39, 0.29) is 0 Å². The van der Waals surface area contributed by atoms with E-state index in [1.54, 1.807) is 30.8 Å². The molecule has 0 fully saturated rings. The van der Waals surface area contributed by atoms with E-state index in [1.807, 2.05) is 36.4 Å². The fourth-order valence-electron chi connectivity index (χ4n) is 2.70. The molecule has 3 heterocycles. The standard InChI is InChI=1S/C20H18N4OS/c1-3-16-11-17-19(22-14-7-4-8-15(10-14)25-2)23-18(24-20(17)26-16)13-6-5-9-21-12-13/h4-12H,3H2,1-2H3,(H,22,23,24). The lowest BCUT2D eigenvalue weighted by Gasteiger charge is -2.10. The van der Waals surface area contributed by atoms with E-state index < -0.39 is 0 Å². The summed E-state index contributed by atoms with van der Waals surface area (Å²) < 4.78 is 5.32. The number of fused-ring (bicyclic) bond motifs is 1. The number of pyridine rings is 1. The van der Waals surface area contributed by atoms with Crippen molar-refractivity contribution < 1.29 is 4.74 Å². The Balaban J connectivity index is 1.84. The van der Waals surface area contributed by atoms with Crippen LogP contribution in [-0.4, -0.2) is 22.1 Å². The summed E-state index contributed by atoms with van der Waals surface area (Å²) >= 11 is 1.70. The van der Waals surface area contributed by atoms with Gasteiger partial charge in [0.05, 0.1) is 12.5 Å². The molecule has 0 aliphatic carbocycles. The number of aryl methyl sites for hydroxylation is 1. The molecule has 26 heavy (non-hydrogen) atoms. The van der Waals surface area contributed by atoms with Gasteiger partial charge < -0.3 is 10.1 Å². The fraction of sp³-hybridized carbons (Fsp3) is 0.150. The molecule has 4 rings (SSSR count). The van der Waals surface area contributed by atoms with Gasteiger partial charge >= 0.3 is 0 Å². The number of thiophene rings is 1. The van der Waals surface area contributed by atoms with Crippen molar-refractivity contribution in [2.75, 3.05) is 12.4 Å². The maximum absolute atomic E-state index is 5.32. The third-order valence-electron chi connectivity index (χ3n) is 4.04. The summed E-state index contributed by atoms with van der Waals surface area (Å²) in [6.07, 6.45) is 4.50. The summed E-state index contributed by atoms with van der Waals surface area (Å²) in [5.74, 6) is 2.26. The van der Waals surface area contributed by atoms with E-state index in [0.717, 1.165) is 39.5 Å². The Morgan fingerprint density at radius 2 is 2.04 bits per heavy atom. The van der Waals surface area contributed by atoms with Crippen molar-refractivity contribution in [2.24, 2.45) is 0 Å². The molecule has 0 aliphatic rings. The first-order chi connectivity index (χ1) is 12.8. The third kappa shape index (κ3) is 3.23. The van der Waals surface area contributed by atoms with Crippen LogP contribution in [0, 0.1) is 0 Å². The Labute approximate surface area is 155 Å². The van der Waals surface area contributed by atoms with E-state index in [0.29, 0.717) is 5.82 Å². The molecule has 0 saturated carbocycles. The van der Waals surface area contributed by atoms with E-state index in [1.165, 1.54) is 4.88 Å². The molecule has 0 saturated heterocycles. The second kappa shape index (κ2) is 7.09. The van der Waals surface area contributed by atoms with Crippen LogP contribution < -0.4 is 10.1 Å². The number of rotatable bonds is 5. The highest BCUT2D eigenvalue weighted by atomic mass is 32.1. The molecule has 0 radical (unpaired) electrons. The lowest BCUT2D eigenvalue weighted by atomic mass is 10.2. The van der Waals surface area contributed by atoms with Crippen LogP contribution in [0.4, 0.5) is 11.5 Å². The Morgan fingerprint density at radius 3 is 2.81 bits per heavy atom. The van der Waals surface area contributed by atoms with Crippen LogP contribution in [0.1, 0.15) is 11.8 Å². The number of anilines is 2. The van der Waals surface area contributed by atoms with Gasteiger partial charge in [0.1, 0.15) is 16.4 Å². The first kappa shape index (κ1) is 16.5. The minimum absolute atomic E-state index is 0.667. The Kier molecular flexibility index (Phi) is 4.50. The van der Waals surface area contributed by atoms with Crippen molar-refractivity contribution in [2.45, 2.75) is 13.3 Å². The van der Waals surface area contributed by atoms with E-state index in [9.17, 15) is 0 Å². The van der Waals surface area contributed by atoms with Gasteiger partial charge in [0.2, 0.25) is 0 Å². The molecular weight excluding hydrogens is 344 g/mol. The average Bonchev–Trinajstić information content (AvgIpc) is 3.12. The molecule has 0 bridgehead atoms. The van der Waals surface area contributed by atoms with Crippen LogP contribution in [0.5, 0.6) is 5.75 Å². The first-order valence-corrected chi connectivity index (χ1v) is 9.20. The summed E-state index contributed by atoms with van der Waals surface area (Å²) in [6.45, 7) is 2.15. The molecule has 6 heteroatoms. The lowest BCUT2D eigenvalue weighted by Crippen LogP contribution is -1.98. The van der Waals surface area contributed by atoms with Gasteiger partial charge in [0, 0.05) is 34.6 Å². The number of aromatic nitrogens is 3. The predicted octanol–water partition coefficient (Wildman–Crippen LogP) is 5.07. The average molecular weight is 362 g/mol. The SMILES string of the molecule is CCc1cc2c(Nc3cccc(OC)c3)nc(-c3cccnc3)nc2s1. The van der Waals surface area contributed by atoms with Crippen molar-refractivity contribution in [3.05, 3.63) is 59.7 Å². The molecule has 1 N–H and O–H groups in total. The third-order valence-corrected chi connectivity index (χ3v) is 5.22. The van der Waals surface area contributed by atoms with Gasteiger partial charge in [-0.2, -0.15) is 0 Å². The van der Waals surface area contributed by atoms with Gasteiger partial charge in [-0.05, 0) is 36.8 Å². The molecule has 0 amide bonds. The molecule has 4 aromatic rings. The lowest BCUT2D eigenvalue weighted by molar-refractivity contribution is 0.415. The van der Waals surface area contributed by atoms with Crippen molar-refractivity contribution in [3.8, 4) is 17.1 Å². The normalized spacial score (nSPS) is 10.8. The van der Waals surface area contributed by atoms with Gasteiger partial charge in [-0.3, -0.25) is 4.98 Å². The number of nitrogens with one attached hydrogen (secondary N) is 1. The van der Waals surface area contributed by atoms with Crippen LogP contribution in [0.2, 0.25) is 0 Å². The monoisotopic (exact) mass is 362 g/mol. The molecule has 0 aliphatic heterocycles. The maximum Gasteiger partial charge on any atom is 0.164 e. The van der Waals surface area contributed by atoms with Crippen molar-refractivity contribution in [1.82, 2.24) is 15.0 Å². The molecule has 5 nitrogen and oxygen atoms in total. The van der Waals surface area contributed by atoms with Crippen LogP contribution in [0.3, 0.4) is 0 Å². The maximum atomic E-state index is 5.32. The van der Waals surface area contributed by atoms with Crippen LogP contribution >= 0.6 is 11.3 Å². The number of benzene rings is 1. The zero-order valence-corrected chi connectivity index (χ0v) is 15.4. The van der Waals surface area contributed by atoms with Crippen molar-refractivity contribution >= 4 is 33.1 Å². The Hall–Kier alpha value is -2.99. The van der Waals surface area contributed by atoms with Crippen molar-refractivity contribution in [3.63, 3.8) is 0 Å². The molecule has 1 aromatic carbocycles. The molecule has 130 valence electrons. The number of hydrogen-bond acceptors (Lipinski definition) is 6. The number of ether oxygens (including phenoxy) is 1. The number of methoxy groups -OCH3 is 1. The topological polar surface area (TPSA) is 59.9 Å². The highest BCUT2D eigenvalue weighted by Gasteiger charge is 2.13. The molecule has 0 spiro atoms. The summed E-state index contributed by atoms with van der Waals surface area (Å²) in [4.78, 5) is 16.0. The van der Waals surface area contributed by atoms with E-state index >= 15 is 0 Å². The van der Waals surface area contributed by atoms with Gasteiger partial charge in [0.25, 0.3) is 0 Å². The summed E-state index contributed by atoms with van der Waals surface area (Å²) in [7, 11) is 1.66. The summed E-state index contributed by atoms with van der Waals surface area (Å²) in [5.41, 5.74) is 1.82. The summed E-state index contributed by atoms with van der Waals surface area (Å²) in [5, 5.41) is 4.45. The minimum Gasteiger partial charge on any atom is -0.497 e. The smallest absolute Gasteiger partial charge is 0.164 e. The van der Waals surface area contributed by atoms with Crippen molar-refractivity contribution in [1.29, 1.82) is 0 Å². The van der Waals surface area contributed by atoms with Gasteiger partial charge in [-0.25, -0.2) is 9.97 Å². The predicted molar refractivity (Wildman–Crippen MR) is 106 cm³/mol. The number of hydrogen-bond donors (Lipinski definition) is 1. The summed E-state index contributed by atoms with van der Waals surface area (Å²) in [6, 6.07) is 13.8. The Bertz CT molecular complexity index is 1050. The van der Waals surface area contributed by atoms with Crippen LogP contribution in [0.25, 0.3) is 21.6 Å². The fourth-order valence-corrected chi connectivity index (χ4v) is 3.67. The zero-order chi connectivity index (χ0) is 17.9. The molecular formula is C20H18N4OS. The number of nitrogens with zero attached hydrogens (tertiary/aromatic N) is 3. The van der Waals surface area contributed by atoms with Gasteiger partial charge in [-0.15, -0.1) is 11.3 Å². The minimum atomic E-state index is 0.667. The molecule has 0 atom stereocenters. The van der Waals surface area contributed by atoms with E-state index in [2.05, 4.69) is 23.3 Å². The second-order valence-corrected chi connectivity index (χ2v) is 6.89. The van der Waals surface area contributed by atoms with Gasteiger partial charge in [0.15, 0.2) is 5.82 Å².